The van der Waals surface area contributed by atoms with Crippen molar-refractivity contribution in [3.63, 3.8) is 0 Å². The second kappa shape index (κ2) is 5.35. The van der Waals surface area contributed by atoms with Gasteiger partial charge in [0.1, 0.15) is 0 Å². The number of halogens is 4. The molecule has 0 aliphatic carbocycles. The summed E-state index contributed by atoms with van der Waals surface area (Å²) in [5, 5.41) is 20.1. The van der Waals surface area contributed by atoms with Crippen molar-refractivity contribution in [2.24, 2.45) is 0 Å². The number of hydrogen-bond acceptors (Lipinski definition) is 4. The number of carbonyl (C=O) groups excluding carboxylic acids is 1. The Bertz CT molecular complexity index is 504. The molecule has 0 fully saturated rings. The molecule has 0 aromatic carbocycles. The van der Waals surface area contributed by atoms with E-state index in [9.17, 15) is 27.9 Å². The van der Waals surface area contributed by atoms with E-state index in [4.69, 9.17) is 16.7 Å². The van der Waals surface area contributed by atoms with Crippen LogP contribution in [-0.4, -0.2) is 34.8 Å². The number of alkyl halides is 3. The summed E-state index contributed by atoms with van der Waals surface area (Å²) in [5.74, 6) is -4.14. The molecule has 1 amide bonds. The molecular formula is C9H7ClF3NO4S. The van der Waals surface area contributed by atoms with E-state index >= 15 is 0 Å². The molecule has 0 aliphatic heterocycles. The van der Waals surface area contributed by atoms with Crippen molar-refractivity contribution in [1.29, 1.82) is 0 Å². The van der Waals surface area contributed by atoms with Gasteiger partial charge in [-0.2, -0.15) is 13.2 Å². The maximum atomic E-state index is 12.0. The van der Waals surface area contributed by atoms with Crippen LogP contribution in [0.3, 0.4) is 0 Å². The minimum atomic E-state index is -5.16. The quantitative estimate of drug-likeness (QED) is 0.782. The number of carboxylic acids is 1. The van der Waals surface area contributed by atoms with Crippen LogP contribution in [0.5, 0.6) is 0 Å². The van der Waals surface area contributed by atoms with Crippen LogP contribution < -0.4 is 5.32 Å². The van der Waals surface area contributed by atoms with E-state index in [2.05, 4.69) is 0 Å². The van der Waals surface area contributed by atoms with Gasteiger partial charge in [0.2, 0.25) is 5.60 Å². The summed E-state index contributed by atoms with van der Waals surface area (Å²) in [6, 6.07) is 2.43. The fourth-order valence-corrected chi connectivity index (χ4v) is 2.24. The van der Waals surface area contributed by atoms with E-state index in [0.29, 0.717) is 11.3 Å². The highest BCUT2D eigenvalue weighted by Gasteiger charge is 2.44. The molecule has 10 heteroatoms. The lowest BCUT2D eigenvalue weighted by molar-refractivity contribution is -0.176. The monoisotopic (exact) mass is 317 g/mol. The Labute approximate surface area is 113 Å². The van der Waals surface area contributed by atoms with Crippen molar-refractivity contribution >= 4 is 34.8 Å². The number of carbonyl (C=O) groups is 2. The first kappa shape index (κ1) is 15.7. The number of hydrogen-bond donors (Lipinski definition) is 3. The zero-order chi connectivity index (χ0) is 14.8. The van der Waals surface area contributed by atoms with E-state index < -0.39 is 30.2 Å². The van der Waals surface area contributed by atoms with Crippen molar-refractivity contribution in [2.75, 3.05) is 6.54 Å². The molecule has 106 valence electrons. The van der Waals surface area contributed by atoms with Gasteiger partial charge in [0.15, 0.2) is 0 Å². The van der Waals surface area contributed by atoms with E-state index in [1.807, 2.05) is 0 Å². The number of rotatable bonds is 4. The molecule has 3 N–H and O–H groups in total. The van der Waals surface area contributed by atoms with Crippen LogP contribution >= 0.6 is 22.9 Å². The molecule has 19 heavy (non-hydrogen) atoms. The molecule has 1 unspecified atom stereocenters. The maximum absolute atomic E-state index is 12.0. The van der Waals surface area contributed by atoms with Crippen LogP contribution in [-0.2, 0) is 15.2 Å². The largest absolute Gasteiger partial charge is 0.479 e. The molecule has 0 radical (unpaired) electrons. The van der Waals surface area contributed by atoms with Gasteiger partial charge < -0.3 is 15.5 Å². The fourth-order valence-electron chi connectivity index (χ4n) is 1.11. The highest BCUT2D eigenvalue weighted by atomic mass is 35.5. The molecule has 1 heterocycles. The minimum Gasteiger partial charge on any atom is -0.479 e. The maximum Gasteiger partial charge on any atom is 0.471 e. The summed E-state index contributed by atoms with van der Waals surface area (Å²) < 4.78 is 36.1. The second-order valence-electron chi connectivity index (χ2n) is 3.45. The molecule has 1 aromatic heterocycles. The highest BCUT2D eigenvalue weighted by molar-refractivity contribution is 7.16. The van der Waals surface area contributed by atoms with Crippen LogP contribution in [0.2, 0.25) is 4.34 Å². The van der Waals surface area contributed by atoms with Gasteiger partial charge in [0.05, 0.1) is 15.8 Å². The van der Waals surface area contributed by atoms with E-state index in [1.165, 1.54) is 11.4 Å². The first-order valence-electron chi connectivity index (χ1n) is 4.64. The number of amides is 1. The van der Waals surface area contributed by atoms with E-state index in [-0.39, 0.29) is 9.21 Å². The topological polar surface area (TPSA) is 86.6 Å². The number of thiophene rings is 1. The number of aliphatic carboxylic acids is 1. The predicted octanol–water partition coefficient (Wildman–Crippen LogP) is 1.35. The molecule has 1 aromatic rings. The standard InChI is InChI=1S/C9H7ClF3NO4S/c10-5-2-1-4(19-5)8(18,7(16)17)3-14-6(15)9(11,12)13/h1-2,18H,3H2,(H,14,15)(H,16,17). The van der Waals surface area contributed by atoms with Crippen LogP contribution in [0.4, 0.5) is 13.2 Å². The van der Waals surface area contributed by atoms with Gasteiger partial charge in [0.25, 0.3) is 0 Å². The third kappa shape index (κ3) is 3.58. The van der Waals surface area contributed by atoms with Crippen LogP contribution in [0, 0.1) is 0 Å². The molecule has 0 saturated heterocycles. The first-order valence-corrected chi connectivity index (χ1v) is 5.83. The summed E-state index contributed by atoms with van der Waals surface area (Å²) in [4.78, 5) is 21.4. The lowest BCUT2D eigenvalue weighted by Crippen LogP contribution is -2.49. The normalized spacial score (nSPS) is 14.8. The summed E-state index contributed by atoms with van der Waals surface area (Å²) >= 11 is 6.24. The third-order valence-corrected chi connectivity index (χ3v) is 3.48. The Kier molecular flexibility index (Phi) is 4.43. The Morgan fingerprint density at radius 2 is 1.95 bits per heavy atom. The van der Waals surface area contributed by atoms with Crippen molar-refractivity contribution in [2.45, 2.75) is 11.8 Å². The summed E-state index contributed by atoms with van der Waals surface area (Å²) in [6.45, 7) is -1.13. The molecule has 0 bridgehead atoms. The zero-order valence-corrected chi connectivity index (χ0v) is 10.6. The highest BCUT2D eigenvalue weighted by Crippen LogP contribution is 2.31. The number of carboxylic acid groups (broad SMARTS) is 1. The fraction of sp³-hybridized carbons (Fsp3) is 0.333. The molecule has 0 spiro atoms. The van der Waals surface area contributed by atoms with Gasteiger partial charge in [-0.1, -0.05) is 11.6 Å². The average Bonchev–Trinajstić information content (AvgIpc) is 2.71. The molecule has 0 saturated carbocycles. The summed E-state index contributed by atoms with van der Waals surface area (Å²) in [7, 11) is 0. The molecule has 0 aliphatic rings. The lowest BCUT2D eigenvalue weighted by atomic mass is 10.0. The van der Waals surface area contributed by atoms with Crippen molar-refractivity contribution in [3.8, 4) is 0 Å². The van der Waals surface area contributed by atoms with Crippen LogP contribution in [0.1, 0.15) is 4.88 Å². The van der Waals surface area contributed by atoms with Gasteiger partial charge in [-0.15, -0.1) is 11.3 Å². The Balaban J connectivity index is 2.91. The van der Waals surface area contributed by atoms with Gasteiger partial charge in [0, 0.05) is 0 Å². The summed E-state index contributed by atoms with van der Waals surface area (Å²) in [6.07, 6.45) is -5.16. The van der Waals surface area contributed by atoms with Gasteiger partial charge in [-0.05, 0) is 12.1 Å². The average molecular weight is 318 g/mol. The molecule has 1 atom stereocenters. The van der Waals surface area contributed by atoms with Gasteiger partial charge >= 0.3 is 18.1 Å². The Morgan fingerprint density at radius 1 is 1.37 bits per heavy atom. The predicted molar refractivity (Wildman–Crippen MR) is 59.9 cm³/mol. The van der Waals surface area contributed by atoms with Crippen LogP contribution in [0.15, 0.2) is 12.1 Å². The summed E-state index contributed by atoms with van der Waals surface area (Å²) in [5.41, 5.74) is -2.67. The Hall–Kier alpha value is -1.32. The number of nitrogens with one attached hydrogen (secondary N) is 1. The molecule has 1 rings (SSSR count). The SMILES string of the molecule is O=C(NCC(O)(C(=O)O)c1ccc(Cl)s1)C(F)(F)F. The van der Waals surface area contributed by atoms with Crippen molar-refractivity contribution < 1.29 is 33.0 Å². The zero-order valence-electron chi connectivity index (χ0n) is 8.99. The van der Waals surface area contributed by atoms with Crippen LogP contribution in [0.25, 0.3) is 0 Å². The smallest absolute Gasteiger partial charge is 0.471 e. The molecule has 5 nitrogen and oxygen atoms in total. The lowest BCUT2D eigenvalue weighted by Gasteiger charge is -2.22. The number of aliphatic hydroxyl groups is 1. The van der Waals surface area contributed by atoms with Crippen molar-refractivity contribution in [3.05, 3.63) is 21.3 Å². The van der Waals surface area contributed by atoms with Crippen molar-refractivity contribution in [1.82, 2.24) is 5.32 Å². The van der Waals surface area contributed by atoms with E-state index in [1.54, 1.807) is 0 Å². The Morgan fingerprint density at radius 3 is 2.32 bits per heavy atom. The molecular weight excluding hydrogens is 311 g/mol. The minimum absolute atomic E-state index is 0.150. The van der Waals surface area contributed by atoms with Gasteiger partial charge in [-0.3, -0.25) is 4.79 Å². The second-order valence-corrected chi connectivity index (χ2v) is 5.16. The van der Waals surface area contributed by atoms with E-state index in [0.717, 1.165) is 6.07 Å². The van der Waals surface area contributed by atoms with Gasteiger partial charge in [-0.25, -0.2) is 4.79 Å². The third-order valence-electron chi connectivity index (χ3n) is 2.10. The first-order chi connectivity index (χ1) is 8.57.